The standard InChI is InChI=1S/C13H16BrFN4/c1-9(2)5-16-6-10-3-4-17-13(12(10)15)19-8-11(14)7-18-19/h3-4,7-9,16H,5-6H2,1-2H3. The van der Waals surface area contributed by atoms with E-state index in [1.54, 1.807) is 24.7 Å². The maximum atomic E-state index is 14.3. The van der Waals surface area contributed by atoms with Crippen molar-refractivity contribution in [3.05, 3.63) is 40.5 Å². The van der Waals surface area contributed by atoms with Gasteiger partial charge in [-0.2, -0.15) is 5.10 Å². The van der Waals surface area contributed by atoms with E-state index in [9.17, 15) is 4.39 Å². The predicted octanol–water partition coefficient (Wildman–Crippen LogP) is 2.91. The molecule has 2 heterocycles. The lowest BCUT2D eigenvalue weighted by Crippen LogP contribution is -2.20. The third-order valence-corrected chi connectivity index (χ3v) is 3.00. The average Bonchev–Trinajstić information content (AvgIpc) is 2.77. The van der Waals surface area contributed by atoms with Crippen LogP contribution in [0.15, 0.2) is 29.1 Å². The average molecular weight is 327 g/mol. The van der Waals surface area contributed by atoms with E-state index in [1.807, 2.05) is 0 Å². The molecular weight excluding hydrogens is 311 g/mol. The summed E-state index contributed by atoms with van der Waals surface area (Å²) < 4.78 is 16.5. The van der Waals surface area contributed by atoms with Crippen molar-refractivity contribution in [1.29, 1.82) is 0 Å². The number of aromatic nitrogens is 3. The van der Waals surface area contributed by atoms with Crippen LogP contribution in [-0.4, -0.2) is 21.3 Å². The van der Waals surface area contributed by atoms with E-state index in [4.69, 9.17) is 0 Å². The number of nitrogens with one attached hydrogen (secondary N) is 1. The minimum Gasteiger partial charge on any atom is -0.312 e. The van der Waals surface area contributed by atoms with Gasteiger partial charge in [-0.3, -0.25) is 0 Å². The second-order valence-corrected chi connectivity index (χ2v) is 5.65. The van der Waals surface area contributed by atoms with Crippen molar-refractivity contribution < 1.29 is 4.39 Å². The molecule has 0 saturated carbocycles. The SMILES string of the molecule is CC(C)CNCc1ccnc(-n2cc(Br)cn2)c1F. The zero-order valence-electron chi connectivity index (χ0n) is 10.9. The zero-order valence-corrected chi connectivity index (χ0v) is 12.5. The highest BCUT2D eigenvalue weighted by Gasteiger charge is 2.12. The maximum Gasteiger partial charge on any atom is 0.190 e. The lowest BCUT2D eigenvalue weighted by atomic mass is 10.2. The number of nitrogens with zero attached hydrogens (tertiary/aromatic N) is 3. The molecule has 0 aliphatic carbocycles. The summed E-state index contributed by atoms with van der Waals surface area (Å²) in [6.07, 6.45) is 4.88. The lowest BCUT2D eigenvalue weighted by Gasteiger charge is -2.10. The van der Waals surface area contributed by atoms with Gasteiger partial charge in [0.2, 0.25) is 0 Å². The topological polar surface area (TPSA) is 42.7 Å². The van der Waals surface area contributed by atoms with Crippen LogP contribution in [0.4, 0.5) is 4.39 Å². The highest BCUT2D eigenvalue weighted by atomic mass is 79.9. The van der Waals surface area contributed by atoms with E-state index >= 15 is 0 Å². The second kappa shape index (κ2) is 6.25. The van der Waals surface area contributed by atoms with Crippen molar-refractivity contribution in [2.75, 3.05) is 6.54 Å². The van der Waals surface area contributed by atoms with Gasteiger partial charge in [-0.1, -0.05) is 13.8 Å². The molecule has 19 heavy (non-hydrogen) atoms. The Morgan fingerprint density at radius 1 is 1.47 bits per heavy atom. The molecule has 4 nitrogen and oxygen atoms in total. The highest BCUT2D eigenvalue weighted by molar-refractivity contribution is 9.10. The smallest absolute Gasteiger partial charge is 0.190 e. The fraction of sp³-hybridized carbons (Fsp3) is 0.385. The van der Waals surface area contributed by atoms with E-state index in [0.717, 1.165) is 11.0 Å². The van der Waals surface area contributed by atoms with Crippen LogP contribution in [0.25, 0.3) is 5.82 Å². The van der Waals surface area contributed by atoms with Crippen LogP contribution < -0.4 is 5.32 Å². The van der Waals surface area contributed by atoms with Gasteiger partial charge in [0.05, 0.1) is 10.7 Å². The molecule has 2 rings (SSSR count). The van der Waals surface area contributed by atoms with E-state index in [-0.39, 0.29) is 11.6 Å². The molecule has 0 saturated heterocycles. The largest absolute Gasteiger partial charge is 0.312 e. The fourth-order valence-corrected chi connectivity index (χ4v) is 1.97. The van der Waals surface area contributed by atoms with Gasteiger partial charge in [0.25, 0.3) is 0 Å². The first-order valence-electron chi connectivity index (χ1n) is 6.12. The van der Waals surface area contributed by atoms with Gasteiger partial charge in [-0.25, -0.2) is 14.1 Å². The Morgan fingerprint density at radius 3 is 2.89 bits per heavy atom. The molecule has 0 aromatic carbocycles. The first-order chi connectivity index (χ1) is 9.08. The van der Waals surface area contributed by atoms with Gasteiger partial charge >= 0.3 is 0 Å². The molecule has 0 fully saturated rings. The van der Waals surface area contributed by atoms with Crippen LogP contribution in [0.2, 0.25) is 0 Å². The molecule has 2 aromatic rings. The van der Waals surface area contributed by atoms with E-state index < -0.39 is 0 Å². The summed E-state index contributed by atoms with van der Waals surface area (Å²) >= 11 is 3.28. The number of halogens is 2. The molecule has 0 amide bonds. The second-order valence-electron chi connectivity index (χ2n) is 4.74. The van der Waals surface area contributed by atoms with Gasteiger partial charge in [-0.05, 0) is 34.5 Å². The third-order valence-electron chi connectivity index (χ3n) is 2.59. The Balaban J connectivity index is 2.18. The summed E-state index contributed by atoms with van der Waals surface area (Å²) in [6.45, 7) is 5.57. The minimum atomic E-state index is -0.339. The molecule has 2 aromatic heterocycles. The fourth-order valence-electron chi connectivity index (χ4n) is 1.68. The van der Waals surface area contributed by atoms with E-state index in [1.165, 1.54) is 4.68 Å². The van der Waals surface area contributed by atoms with Crippen molar-refractivity contribution in [3.63, 3.8) is 0 Å². The lowest BCUT2D eigenvalue weighted by molar-refractivity contribution is 0.529. The van der Waals surface area contributed by atoms with Crippen LogP contribution in [0.5, 0.6) is 0 Å². The number of hydrogen-bond acceptors (Lipinski definition) is 3. The number of hydrogen-bond donors (Lipinski definition) is 1. The molecule has 0 bridgehead atoms. The normalized spacial score (nSPS) is 11.2. The Hall–Kier alpha value is -1.27. The Bertz CT molecular complexity index is 553. The van der Waals surface area contributed by atoms with Crippen LogP contribution in [-0.2, 0) is 6.54 Å². The van der Waals surface area contributed by atoms with Crippen molar-refractivity contribution in [1.82, 2.24) is 20.1 Å². The van der Waals surface area contributed by atoms with Gasteiger partial charge in [-0.15, -0.1) is 0 Å². The molecule has 0 aliphatic rings. The molecule has 0 spiro atoms. The summed E-state index contributed by atoms with van der Waals surface area (Å²) in [7, 11) is 0. The third kappa shape index (κ3) is 3.61. The molecule has 0 atom stereocenters. The van der Waals surface area contributed by atoms with Gasteiger partial charge < -0.3 is 5.32 Å². The van der Waals surface area contributed by atoms with Crippen LogP contribution in [0.1, 0.15) is 19.4 Å². The van der Waals surface area contributed by atoms with Crippen LogP contribution in [0.3, 0.4) is 0 Å². The molecule has 0 aliphatic heterocycles. The molecule has 1 N–H and O–H groups in total. The highest BCUT2D eigenvalue weighted by Crippen LogP contribution is 2.16. The summed E-state index contributed by atoms with van der Waals surface area (Å²) in [5.41, 5.74) is 0.595. The molecule has 102 valence electrons. The minimum absolute atomic E-state index is 0.217. The Labute approximate surface area is 120 Å². The predicted molar refractivity (Wildman–Crippen MR) is 75.6 cm³/mol. The zero-order chi connectivity index (χ0) is 13.8. The Morgan fingerprint density at radius 2 is 2.26 bits per heavy atom. The molecule has 0 radical (unpaired) electrons. The van der Waals surface area contributed by atoms with Crippen molar-refractivity contribution in [2.24, 2.45) is 5.92 Å². The molecule has 6 heteroatoms. The van der Waals surface area contributed by atoms with Crippen molar-refractivity contribution in [2.45, 2.75) is 20.4 Å². The summed E-state index contributed by atoms with van der Waals surface area (Å²) in [6, 6.07) is 1.69. The molecular formula is C13H16BrFN4. The monoisotopic (exact) mass is 326 g/mol. The number of pyridine rings is 1. The van der Waals surface area contributed by atoms with Gasteiger partial charge in [0, 0.05) is 24.5 Å². The van der Waals surface area contributed by atoms with E-state index in [2.05, 4.69) is 45.2 Å². The first kappa shape index (κ1) is 14.1. The number of rotatable bonds is 5. The first-order valence-corrected chi connectivity index (χ1v) is 6.92. The summed E-state index contributed by atoms with van der Waals surface area (Å²) in [4.78, 5) is 4.04. The van der Waals surface area contributed by atoms with Gasteiger partial charge in [0.15, 0.2) is 11.6 Å². The van der Waals surface area contributed by atoms with Crippen molar-refractivity contribution >= 4 is 15.9 Å². The summed E-state index contributed by atoms with van der Waals surface area (Å²) in [5.74, 6) is 0.412. The Kier molecular flexibility index (Phi) is 4.66. The summed E-state index contributed by atoms with van der Waals surface area (Å²) in [5, 5.41) is 7.26. The van der Waals surface area contributed by atoms with Crippen LogP contribution >= 0.6 is 15.9 Å². The van der Waals surface area contributed by atoms with E-state index in [0.29, 0.717) is 18.0 Å². The van der Waals surface area contributed by atoms with Crippen molar-refractivity contribution in [3.8, 4) is 5.82 Å². The maximum absolute atomic E-state index is 14.3. The van der Waals surface area contributed by atoms with Crippen LogP contribution in [0, 0.1) is 11.7 Å². The quantitative estimate of drug-likeness (QED) is 0.918. The molecule has 0 unspecified atom stereocenters. The van der Waals surface area contributed by atoms with Gasteiger partial charge in [0.1, 0.15) is 0 Å².